The summed E-state index contributed by atoms with van der Waals surface area (Å²) >= 11 is 0. The summed E-state index contributed by atoms with van der Waals surface area (Å²) in [5, 5.41) is 10.6. The predicted molar refractivity (Wildman–Crippen MR) is 76.3 cm³/mol. The number of nitrogens with one attached hydrogen (secondary N) is 1. The number of β-amino-alcohol motifs (C(OH)–C–C–N with tert-alkyl or cyclic N) is 1. The number of carbonyl (C=O) groups is 1. The fourth-order valence-corrected chi connectivity index (χ4v) is 3.06. The van der Waals surface area contributed by atoms with Crippen molar-refractivity contribution in [3.05, 3.63) is 0 Å². The first-order valence-electron chi connectivity index (χ1n) is 7.02. The number of amides is 1. The minimum atomic E-state index is -3.38. The molecule has 2 saturated heterocycles. The molecule has 0 spiro atoms. The highest BCUT2D eigenvalue weighted by atomic mass is 32.2. The summed E-state index contributed by atoms with van der Waals surface area (Å²) in [6.07, 6.45) is 1.52. The zero-order chi connectivity index (χ0) is 15.5. The lowest BCUT2D eigenvalue weighted by molar-refractivity contribution is -0.130. The monoisotopic (exact) mass is 321 g/mol. The Bertz CT molecular complexity index is 477. The molecule has 1 amide bonds. The van der Waals surface area contributed by atoms with Gasteiger partial charge in [0.25, 0.3) is 0 Å². The molecule has 0 aromatic rings. The third kappa shape index (κ3) is 5.19. The van der Waals surface area contributed by atoms with Crippen LogP contribution in [0.25, 0.3) is 0 Å². The van der Waals surface area contributed by atoms with Crippen LogP contribution in [-0.2, 0) is 19.6 Å². The maximum Gasteiger partial charge on any atom is 0.237 e. The summed E-state index contributed by atoms with van der Waals surface area (Å²) in [7, 11) is -3.38. The number of sulfonamides is 1. The second kappa shape index (κ2) is 6.57. The molecule has 9 heteroatoms. The summed E-state index contributed by atoms with van der Waals surface area (Å²) in [6.45, 7) is 3.84. The van der Waals surface area contributed by atoms with Crippen LogP contribution in [0.3, 0.4) is 0 Å². The van der Waals surface area contributed by atoms with Crippen LogP contribution >= 0.6 is 0 Å². The number of likely N-dealkylation sites (tertiary alicyclic amines) is 1. The van der Waals surface area contributed by atoms with E-state index in [0.29, 0.717) is 32.7 Å². The van der Waals surface area contributed by atoms with Gasteiger partial charge in [0.2, 0.25) is 15.9 Å². The highest BCUT2D eigenvalue weighted by Gasteiger charge is 2.39. The Morgan fingerprint density at radius 2 is 2.00 bits per heavy atom. The normalized spacial score (nSPS) is 28.0. The molecule has 2 aliphatic rings. The molecule has 8 nitrogen and oxygen atoms in total. The van der Waals surface area contributed by atoms with Crippen molar-refractivity contribution in [1.29, 1.82) is 0 Å². The molecule has 0 bridgehead atoms. The van der Waals surface area contributed by atoms with E-state index in [-0.39, 0.29) is 19.0 Å². The number of aliphatic hydroxyl groups is 1. The van der Waals surface area contributed by atoms with E-state index in [1.165, 1.54) is 4.90 Å². The van der Waals surface area contributed by atoms with Gasteiger partial charge in [-0.2, -0.15) is 0 Å². The van der Waals surface area contributed by atoms with Gasteiger partial charge in [-0.15, -0.1) is 0 Å². The number of morpholine rings is 1. The molecule has 0 saturated carbocycles. The van der Waals surface area contributed by atoms with Gasteiger partial charge < -0.3 is 14.7 Å². The van der Waals surface area contributed by atoms with Gasteiger partial charge in [0.15, 0.2) is 0 Å². The van der Waals surface area contributed by atoms with E-state index < -0.39 is 15.6 Å². The third-order valence-corrected chi connectivity index (χ3v) is 4.46. The first-order chi connectivity index (χ1) is 9.77. The second-order valence-corrected chi connectivity index (χ2v) is 7.60. The maximum atomic E-state index is 11.9. The van der Waals surface area contributed by atoms with Gasteiger partial charge in [0.05, 0.1) is 38.2 Å². The molecule has 2 aliphatic heterocycles. The molecule has 0 aromatic heterocycles. The van der Waals surface area contributed by atoms with Crippen LogP contribution in [-0.4, -0.2) is 93.6 Å². The van der Waals surface area contributed by atoms with Gasteiger partial charge in [-0.1, -0.05) is 0 Å². The van der Waals surface area contributed by atoms with E-state index in [0.717, 1.165) is 19.3 Å². The summed E-state index contributed by atoms with van der Waals surface area (Å²) in [5.41, 5.74) is -0.919. The predicted octanol–water partition coefficient (Wildman–Crippen LogP) is -2.17. The Morgan fingerprint density at radius 3 is 2.62 bits per heavy atom. The minimum absolute atomic E-state index is 0.245. The summed E-state index contributed by atoms with van der Waals surface area (Å²) < 4.78 is 29.4. The van der Waals surface area contributed by atoms with Gasteiger partial charge in [0.1, 0.15) is 0 Å². The largest absolute Gasteiger partial charge is 0.387 e. The van der Waals surface area contributed by atoms with Crippen molar-refractivity contribution in [2.24, 2.45) is 0 Å². The number of ether oxygens (including phenoxy) is 1. The van der Waals surface area contributed by atoms with E-state index in [9.17, 15) is 18.3 Å². The molecule has 2 N–H and O–H groups in total. The van der Waals surface area contributed by atoms with Crippen molar-refractivity contribution in [3.8, 4) is 0 Å². The summed E-state index contributed by atoms with van der Waals surface area (Å²) in [5.74, 6) is -0.307. The fraction of sp³-hybridized carbons (Fsp3) is 0.917. The van der Waals surface area contributed by atoms with E-state index in [1.807, 2.05) is 0 Å². The van der Waals surface area contributed by atoms with Gasteiger partial charge in [0, 0.05) is 26.2 Å². The molecule has 0 unspecified atom stereocenters. The molecular formula is C12H23N3O5S. The van der Waals surface area contributed by atoms with E-state index >= 15 is 0 Å². The average Bonchev–Trinajstić information content (AvgIpc) is 2.78. The molecule has 0 radical (unpaired) electrons. The molecule has 0 aromatic carbocycles. The second-order valence-electron chi connectivity index (χ2n) is 5.77. The van der Waals surface area contributed by atoms with E-state index in [4.69, 9.17) is 4.74 Å². The quantitative estimate of drug-likeness (QED) is 0.598. The minimum Gasteiger partial charge on any atom is -0.387 e. The van der Waals surface area contributed by atoms with E-state index in [1.54, 1.807) is 0 Å². The zero-order valence-corrected chi connectivity index (χ0v) is 13.1. The van der Waals surface area contributed by atoms with Crippen LogP contribution in [0.4, 0.5) is 0 Å². The van der Waals surface area contributed by atoms with Crippen LogP contribution in [0.15, 0.2) is 0 Å². The lowest BCUT2D eigenvalue weighted by Gasteiger charge is -2.33. The van der Waals surface area contributed by atoms with Crippen LogP contribution in [0.2, 0.25) is 0 Å². The first-order valence-corrected chi connectivity index (χ1v) is 8.91. The van der Waals surface area contributed by atoms with Crippen molar-refractivity contribution in [2.45, 2.75) is 12.0 Å². The van der Waals surface area contributed by atoms with Crippen LogP contribution in [0.5, 0.6) is 0 Å². The summed E-state index contributed by atoms with van der Waals surface area (Å²) in [4.78, 5) is 15.6. The topological polar surface area (TPSA) is 99.2 Å². The molecular weight excluding hydrogens is 298 g/mol. The SMILES string of the molecule is CS(=O)(=O)NCC(=O)N1CC[C@@](O)(CN2CCOCC2)C1. The lowest BCUT2D eigenvalue weighted by Crippen LogP contribution is -2.49. The highest BCUT2D eigenvalue weighted by Crippen LogP contribution is 2.23. The Morgan fingerprint density at radius 1 is 1.33 bits per heavy atom. The summed E-state index contributed by atoms with van der Waals surface area (Å²) in [6, 6.07) is 0. The Balaban J connectivity index is 1.82. The van der Waals surface area contributed by atoms with Gasteiger partial charge in [-0.25, -0.2) is 13.1 Å². The Hall–Kier alpha value is -0.740. The molecule has 0 aliphatic carbocycles. The number of nitrogens with zero attached hydrogens (tertiary/aromatic N) is 2. The molecule has 2 fully saturated rings. The smallest absolute Gasteiger partial charge is 0.237 e. The lowest BCUT2D eigenvalue weighted by atomic mass is 10.0. The Kier molecular flexibility index (Phi) is 5.20. The number of rotatable bonds is 5. The van der Waals surface area contributed by atoms with Gasteiger partial charge >= 0.3 is 0 Å². The van der Waals surface area contributed by atoms with Gasteiger partial charge in [-0.05, 0) is 6.42 Å². The molecule has 122 valence electrons. The molecule has 1 atom stereocenters. The highest BCUT2D eigenvalue weighted by molar-refractivity contribution is 7.88. The van der Waals surface area contributed by atoms with Crippen molar-refractivity contribution in [1.82, 2.24) is 14.5 Å². The van der Waals surface area contributed by atoms with Gasteiger partial charge in [-0.3, -0.25) is 9.69 Å². The fourth-order valence-electron chi connectivity index (χ4n) is 2.68. The van der Waals surface area contributed by atoms with E-state index in [2.05, 4.69) is 9.62 Å². The number of hydrogen-bond acceptors (Lipinski definition) is 6. The van der Waals surface area contributed by atoms with Crippen molar-refractivity contribution in [3.63, 3.8) is 0 Å². The number of hydrogen-bond donors (Lipinski definition) is 2. The standard InChI is InChI=1S/C12H23N3O5S/c1-21(18,19)13-8-11(16)15-3-2-12(17,10-15)9-14-4-6-20-7-5-14/h13,17H,2-10H2,1H3/t12-/m1/s1. The van der Waals surface area contributed by atoms with Crippen LogP contribution in [0.1, 0.15) is 6.42 Å². The van der Waals surface area contributed by atoms with Crippen LogP contribution < -0.4 is 4.72 Å². The molecule has 21 heavy (non-hydrogen) atoms. The molecule has 2 heterocycles. The number of carbonyl (C=O) groups excluding carboxylic acids is 1. The van der Waals surface area contributed by atoms with Crippen molar-refractivity contribution < 1.29 is 23.1 Å². The van der Waals surface area contributed by atoms with Crippen molar-refractivity contribution >= 4 is 15.9 Å². The first kappa shape index (κ1) is 16.6. The van der Waals surface area contributed by atoms with Crippen LogP contribution in [0, 0.1) is 0 Å². The van der Waals surface area contributed by atoms with Crippen molar-refractivity contribution in [2.75, 3.05) is 58.7 Å². The zero-order valence-electron chi connectivity index (χ0n) is 12.2. The molecule has 2 rings (SSSR count). The Labute approximate surface area is 125 Å². The average molecular weight is 321 g/mol. The maximum absolute atomic E-state index is 11.9. The third-order valence-electron chi connectivity index (χ3n) is 3.79.